The first-order valence-electron chi connectivity index (χ1n) is 5.90. The molecule has 0 saturated heterocycles. The van der Waals surface area contributed by atoms with E-state index in [1.807, 2.05) is 18.2 Å². The number of benzene rings is 1. The summed E-state index contributed by atoms with van der Waals surface area (Å²) >= 11 is 2.73. The summed E-state index contributed by atoms with van der Waals surface area (Å²) in [6.45, 7) is 0. The van der Waals surface area contributed by atoms with Crippen LogP contribution >= 0.6 is 23.1 Å². The van der Waals surface area contributed by atoms with Crippen LogP contribution in [0, 0.1) is 5.92 Å². The van der Waals surface area contributed by atoms with E-state index in [2.05, 4.69) is 4.98 Å². The first kappa shape index (κ1) is 11.3. The number of esters is 1. The third-order valence-electron chi connectivity index (χ3n) is 3.50. The summed E-state index contributed by atoms with van der Waals surface area (Å²) in [7, 11) is 0. The molecule has 0 unspecified atom stereocenters. The van der Waals surface area contributed by atoms with Gasteiger partial charge in [0.05, 0.1) is 10.9 Å². The summed E-state index contributed by atoms with van der Waals surface area (Å²) in [5.41, 5.74) is 1.00. The summed E-state index contributed by atoms with van der Waals surface area (Å²) in [5.74, 6) is 0.837. The lowest BCUT2D eigenvalue weighted by Crippen LogP contribution is -2.35. The third kappa shape index (κ3) is 1.60. The lowest BCUT2D eigenvalue weighted by molar-refractivity contribution is -0.139. The average molecular weight is 291 g/mol. The van der Waals surface area contributed by atoms with Crippen molar-refractivity contribution in [3.63, 3.8) is 0 Å². The minimum Gasteiger partial charge on any atom is -0.426 e. The van der Waals surface area contributed by atoms with Gasteiger partial charge in [-0.2, -0.15) is 0 Å². The Morgan fingerprint density at radius 2 is 2.11 bits per heavy atom. The maximum Gasteiger partial charge on any atom is 0.316 e. The van der Waals surface area contributed by atoms with E-state index in [1.54, 1.807) is 6.07 Å². The Morgan fingerprint density at radius 1 is 1.26 bits per heavy atom. The highest BCUT2D eigenvalue weighted by molar-refractivity contribution is 7.99. The monoisotopic (exact) mass is 291 g/mol. The number of ether oxygens (including phenoxy) is 1. The van der Waals surface area contributed by atoms with Crippen molar-refractivity contribution in [2.24, 2.45) is 5.92 Å². The molecule has 0 fully saturated rings. The summed E-state index contributed by atoms with van der Waals surface area (Å²) in [4.78, 5) is 27.4. The number of aromatic nitrogens is 1. The zero-order valence-corrected chi connectivity index (χ0v) is 11.3. The fourth-order valence-corrected chi connectivity index (χ4v) is 5.06. The van der Waals surface area contributed by atoms with Crippen molar-refractivity contribution in [1.29, 1.82) is 0 Å². The summed E-state index contributed by atoms with van der Waals surface area (Å²) in [6.07, 6.45) is 0. The molecule has 2 aliphatic heterocycles. The fraction of sp³-hybridized carbons (Fsp3) is 0.231. The Bertz CT molecular complexity index is 733. The predicted octanol–water partition coefficient (Wildman–Crippen LogP) is 2.21. The zero-order valence-electron chi connectivity index (χ0n) is 9.71. The number of aromatic amines is 1. The number of para-hydroxylation sites is 1. The molecule has 2 aliphatic rings. The summed E-state index contributed by atoms with van der Waals surface area (Å²) < 4.78 is 5.39. The molecule has 0 aliphatic carbocycles. The predicted molar refractivity (Wildman–Crippen MR) is 73.1 cm³/mol. The number of thioether (sulfide) groups is 1. The van der Waals surface area contributed by atoms with Gasteiger partial charge in [-0.05, 0) is 6.07 Å². The van der Waals surface area contributed by atoms with Gasteiger partial charge in [0, 0.05) is 22.1 Å². The minimum absolute atomic E-state index is 0.0438. The highest BCUT2D eigenvalue weighted by atomic mass is 32.2. The van der Waals surface area contributed by atoms with Crippen molar-refractivity contribution in [1.82, 2.24) is 4.98 Å². The van der Waals surface area contributed by atoms with Gasteiger partial charge in [0.1, 0.15) is 5.75 Å². The number of thiazole rings is 1. The minimum atomic E-state index is -0.196. The summed E-state index contributed by atoms with van der Waals surface area (Å²) in [6, 6.07) is 7.57. The molecule has 19 heavy (non-hydrogen) atoms. The SMILES string of the molecule is O=C1Oc2ccccc2[C@H]2c3sc(=O)[nH]c3SC[C@@H]12. The first-order chi connectivity index (χ1) is 9.24. The van der Waals surface area contributed by atoms with E-state index in [1.165, 1.54) is 23.1 Å². The van der Waals surface area contributed by atoms with E-state index < -0.39 is 0 Å². The van der Waals surface area contributed by atoms with Crippen LogP contribution in [0.4, 0.5) is 0 Å². The first-order valence-corrected chi connectivity index (χ1v) is 7.70. The molecule has 0 bridgehead atoms. The molecule has 0 radical (unpaired) electrons. The molecule has 1 aromatic carbocycles. The molecular weight excluding hydrogens is 282 g/mol. The van der Waals surface area contributed by atoms with Crippen LogP contribution in [0.1, 0.15) is 16.4 Å². The van der Waals surface area contributed by atoms with Gasteiger partial charge in [0.15, 0.2) is 0 Å². The van der Waals surface area contributed by atoms with Crippen LogP contribution in [0.5, 0.6) is 5.75 Å². The number of carbonyl (C=O) groups excluding carboxylic acids is 1. The highest BCUT2D eigenvalue weighted by Crippen LogP contribution is 2.50. The molecule has 1 N–H and O–H groups in total. The maximum atomic E-state index is 12.1. The number of carbonyl (C=O) groups is 1. The van der Waals surface area contributed by atoms with E-state index >= 15 is 0 Å². The van der Waals surface area contributed by atoms with Crippen molar-refractivity contribution >= 4 is 29.1 Å². The number of H-pyrrole nitrogens is 1. The van der Waals surface area contributed by atoms with Gasteiger partial charge in [-0.25, -0.2) is 0 Å². The van der Waals surface area contributed by atoms with Gasteiger partial charge in [-0.3, -0.25) is 9.59 Å². The van der Waals surface area contributed by atoms with E-state index in [9.17, 15) is 9.59 Å². The van der Waals surface area contributed by atoms with Crippen molar-refractivity contribution < 1.29 is 9.53 Å². The number of fused-ring (bicyclic) bond motifs is 5. The Balaban J connectivity index is 1.97. The molecular formula is C13H9NO3S2. The quantitative estimate of drug-likeness (QED) is 0.597. The molecule has 0 spiro atoms. The smallest absolute Gasteiger partial charge is 0.316 e. The van der Waals surface area contributed by atoms with Gasteiger partial charge >= 0.3 is 10.8 Å². The van der Waals surface area contributed by atoms with Gasteiger partial charge < -0.3 is 9.72 Å². The third-order valence-corrected chi connectivity index (χ3v) is 5.73. The van der Waals surface area contributed by atoms with Crippen molar-refractivity contribution in [3.8, 4) is 5.75 Å². The molecule has 4 rings (SSSR count). The number of hydrogen-bond acceptors (Lipinski definition) is 5. The largest absolute Gasteiger partial charge is 0.426 e. The molecule has 1 aromatic heterocycles. The topological polar surface area (TPSA) is 59.2 Å². The Labute approximate surface area is 116 Å². The van der Waals surface area contributed by atoms with Crippen LogP contribution in [0.3, 0.4) is 0 Å². The number of hydrogen-bond donors (Lipinski definition) is 1. The average Bonchev–Trinajstić information content (AvgIpc) is 2.79. The molecule has 0 saturated carbocycles. The molecule has 0 amide bonds. The van der Waals surface area contributed by atoms with Crippen molar-refractivity contribution in [2.45, 2.75) is 10.9 Å². The Hall–Kier alpha value is -1.53. The molecule has 2 atom stereocenters. The van der Waals surface area contributed by atoms with Crippen LogP contribution in [-0.2, 0) is 4.79 Å². The van der Waals surface area contributed by atoms with E-state index in [-0.39, 0.29) is 22.7 Å². The molecule has 6 heteroatoms. The van der Waals surface area contributed by atoms with Crippen LogP contribution < -0.4 is 9.61 Å². The normalized spacial score (nSPS) is 24.1. The molecule has 96 valence electrons. The molecule has 2 aromatic rings. The zero-order chi connectivity index (χ0) is 13.0. The van der Waals surface area contributed by atoms with Gasteiger partial charge in [-0.15, -0.1) is 11.8 Å². The lowest BCUT2D eigenvalue weighted by atomic mass is 9.83. The van der Waals surface area contributed by atoms with Gasteiger partial charge in [0.25, 0.3) is 0 Å². The van der Waals surface area contributed by atoms with E-state index in [0.717, 1.165) is 15.5 Å². The highest BCUT2D eigenvalue weighted by Gasteiger charge is 2.43. The molecule has 4 nitrogen and oxygen atoms in total. The van der Waals surface area contributed by atoms with Crippen LogP contribution in [0.2, 0.25) is 0 Å². The van der Waals surface area contributed by atoms with Gasteiger partial charge in [-0.1, -0.05) is 29.5 Å². The fourth-order valence-electron chi connectivity index (χ4n) is 2.67. The second-order valence-electron chi connectivity index (χ2n) is 4.56. The maximum absolute atomic E-state index is 12.1. The summed E-state index contributed by atoms with van der Waals surface area (Å²) in [5, 5.41) is 0.903. The Kier molecular flexibility index (Phi) is 2.37. The second-order valence-corrected chi connectivity index (χ2v) is 6.61. The van der Waals surface area contributed by atoms with Crippen LogP contribution in [0.25, 0.3) is 0 Å². The second kappa shape index (κ2) is 3.98. The van der Waals surface area contributed by atoms with Crippen molar-refractivity contribution in [2.75, 3.05) is 5.75 Å². The van der Waals surface area contributed by atoms with Crippen molar-refractivity contribution in [3.05, 3.63) is 44.4 Å². The number of rotatable bonds is 0. The van der Waals surface area contributed by atoms with Crippen LogP contribution in [-0.4, -0.2) is 16.7 Å². The Morgan fingerprint density at radius 3 is 3.00 bits per heavy atom. The van der Waals surface area contributed by atoms with Crippen LogP contribution in [0.15, 0.2) is 34.1 Å². The standard InChI is InChI=1S/C13H9NO3S2/c15-12-7-5-18-11-10(19-13(16)14-11)9(7)6-3-1-2-4-8(6)17-12/h1-4,7,9H,5H2,(H,14,16)/t7-,9-/m1/s1. The van der Waals surface area contributed by atoms with E-state index in [0.29, 0.717) is 11.5 Å². The van der Waals surface area contributed by atoms with E-state index in [4.69, 9.17) is 4.74 Å². The lowest BCUT2D eigenvalue weighted by Gasteiger charge is -2.34. The molecule has 3 heterocycles. The van der Waals surface area contributed by atoms with Gasteiger partial charge in [0.2, 0.25) is 0 Å². The number of nitrogens with one attached hydrogen (secondary N) is 1.